The fraction of sp³-hybridized carbons (Fsp3) is 0.111. The summed E-state index contributed by atoms with van der Waals surface area (Å²) in [5.41, 5.74) is -0.00851. The zero-order chi connectivity index (χ0) is 11.7. The van der Waals surface area contributed by atoms with Gasteiger partial charge < -0.3 is 4.55 Å². The fourth-order valence-electron chi connectivity index (χ4n) is 1.24. The van der Waals surface area contributed by atoms with Crippen molar-refractivity contribution in [2.24, 2.45) is 0 Å². The molecule has 82 valence electrons. The Morgan fingerprint density at radius 2 is 2.38 bits per heavy atom. The van der Waals surface area contributed by atoms with Crippen LogP contribution in [0.25, 0.3) is 0 Å². The molecule has 2 rings (SSSR count). The summed E-state index contributed by atoms with van der Waals surface area (Å²) in [6, 6.07) is 4.26. The van der Waals surface area contributed by atoms with E-state index in [1.807, 2.05) is 0 Å². The topological polar surface area (TPSA) is 69.4 Å². The van der Waals surface area contributed by atoms with Crippen LogP contribution in [-0.4, -0.2) is 19.7 Å². The molecule has 0 saturated carbocycles. The average molecular weight is 254 g/mol. The predicted molar refractivity (Wildman–Crippen MR) is 60.9 cm³/mol. The summed E-state index contributed by atoms with van der Waals surface area (Å²) in [6.07, 6.45) is 5.14. The lowest BCUT2D eigenvalue weighted by atomic mass is 10.3. The fourth-order valence-corrected chi connectivity index (χ4v) is 3.84. The van der Waals surface area contributed by atoms with Crippen LogP contribution in [-0.2, 0) is 11.4 Å². The van der Waals surface area contributed by atoms with Crippen LogP contribution in [0.2, 0.25) is 0 Å². The summed E-state index contributed by atoms with van der Waals surface area (Å²) in [5.74, 6) is 2.39. The van der Waals surface area contributed by atoms with E-state index in [2.05, 4.69) is 5.92 Å². The quantitative estimate of drug-likeness (QED) is 0.263. The number of hydrogen-bond donors (Lipinski definition) is 0. The van der Waals surface area contributed by atoms with Crippen molar-refractivity contribution in [3.63, 3.8) is 0 Å². The van der Waals surface area contributed by atoms with E-state index >= 15 is 0 Å². The molecule has 0 bridgehead atoms. The molecule has 0 aliphatic carbocycles. The van der Waals surface area contributed by atoms with Gasteiger partial charge in [-0.25, -0.2) is 0 Å². The number of benzene rings is 1. The number of rotatable bonds is 2. The van der Waals surface area contributed by atoms with E-state index < -0.39 is 16.3 Å². The Kier molecular flexibility index (Phi) is 3.07. The number of nitro groups is 1. The number of nitrogens with zero attached hydrogens (tertiary/aromatic N) is 2. The molecule has 0 radical (unpaired) electrons. The molecular formula is C9H6N2O3S2. The molecule has 16 heavy (non-hydrogen) atoms. The van der Waals surface area contributed by atoms with Crippen molar-refractivity contribution in [3.05, 3.63) is 28.3 Å². The molecule has 1 aromatic rings. The lowest BCUT2D eigenvalue weighted by molar-refractivity contribution is -0.385. The summed E-state index contributed by atoms with van der Waals surface area (Å²) in [6.45, 7) is 0.236. The zero-order valence-electron chi connectivity index (χ0n) is 7.95. The SMILES string of the molecule is C#CCN1Sc2cc([N+](=O)[O-])ccc2[S+]1[O-]. The second-order valence-electron chi connectivity index (χ2n) is 2.92. The Labute approximate surface area is 99.4 Å². The van der Waals surface area contributed by atoms with Gasteiger partial charge in [0, 0.05) is 30.1 Å². The van der Waals surface area contributed by atoms with Crippen molar-refractivity contribution in [1.82, 2.24) is 3.71 Å². The predicted octanol–water partition coefficient (Wildman–Crippen LogP) is 1.57. The highest BCUT2D eigenvalue weighted by Gasteiger charge is 2.36. The first-order chi connectivity index (χ1) is 7.63. The number of terminal acetylenes is 1. The molecule has 0 amide bonds. The maximum Gasteiger partial charge on any atom is 0.270 e. The number of hydrogen-bond acceptors (Lipinski definition) is 5. The van der Waals surface area contributed by atoms with Gasteiger partial charge in [-0.2, -0.15) is 0 Å². The first-order valence-corrected chi connectivity index (χ1v) is 6.11. The monoisotopic (exact) mass is 254 g/mol. The molecule has 1 aromatic carbocycles. The van der Waals surface area contributed by atoms with E-state index in [1.54, 1.807) is 0 Å². The average Bonchev–Trinajstić information content (AvgIpc) is 2.56. The zero-order valence-corrected chi connectivity index (χ0v) is 9.59. The van der Waals surface area contributed by atoms with Crippen LogP contribution in [0.3, 0.4) is 0 Å². The van der Waals surface area contributed by atoms with Gasteiger partial charge in [0.05, 0.1) is 21.2 Å². The second kappa shape index (κ2) is 4.35. The highest BCUT2D eigenvalue weighted by molar-refractivity contribution is 8.11. The van der Waals surface area contributed by atoms with Crippen molar-refractivity contribution >= 4 is 29.0 Å². The van der Waals surface area contributed by atoms with Crippen LogP contribution < -0.4 is 0 Å². The van der Waals surface area contributed by atoms with E-state index in [0.29, 0.717) is 9.79 Å². The third kappa shape index (κ3) is 1.88. The molecule has 1 unspecified atom stereocenters. The van der Waals surface area contributed by atoms with Gasteiger partial charge in [0.2, 0.25) is 0 Å². The van der Waals surface area contributed by atoms with Crippen molar-refractivity contribution in [3.8, 4) is 12.3 Å². The Balaban J connectivity index is 2.33. The van der Waals surface area contributed by atoms with E-state index in [0.717, 1.165) is 0 Å². The molecule has 0 aromatic heterocycles. The summed E-state index contributed by atoms with van der Waals surface area (Å²) < 4.78 is 13.3. The molecular weight excluding hydrogens is 248 g/mol. The Hall–Kier alpha value is -1.20. The van der Waals surface area contributed by atoms with Gasteiger partial charge in [0.15, 0.2) is 4.90 Å². The largest absolute Gasteiger partial charge is 0.592 e. The van der Waals surface area contributed by atoms with Crippen molar-refractivity contribution < 1.29 is 9.48 Å². The lowest BCUT2D eigenvalue weighted by Gasteiger charge is -2.10. The highest BCUT2D eigenvalue weighted by atomic mass is 32.3. The molecule has 1 aliphatic heterocycles. The molecule has 0 saturated heterocycles. The smallest absolute Gasteiger partial charge is 0.270 e. The van der Waals surface area contributed by atoms with Gasteiger partial charge in [0.1, 0.15) is 6.54 Å². The van der Waals surface area contributed by atoms with Crippen molar-refractivity contribution in [1.29, 1.82) is 0 Å². The van der Waals surface area contributed by atoms with Gasteiger partial charge in [-0.05, 0) is 3.71 Å². The summed E-state index contributed by atoms with van der Waals surface area (Å²) in [4.78, 5) is 11.3. The van der Waals surface area contributed by atoms with Crippen LogP contribution in [0.4, 0.5) is 5.69 Å². The van der Waals surface area contributed by atoms with Gasteiger partial charge in [-0.1, -0.05) is 5.92 Å². The summed E-state index contributed by atoms with van der Waals surface area (Å²) >= 11 is -0.139. The van der Waals surface area contributed by atoms with Crippen LogP contribution in [0, 0.1) is 22.5 Å². The minimum Gasteiger partial charge on any atom is -0.592 e. The minimum absolute atomic E-state index is 0.00851. The maximum absolute atomic E-state index is 11.8. The number of fused-ring (bicyclic) bond motifs is 1. The van der Waals surface area contributed by atoms with Crippen LogP contribution >= 0.6 is 11.9 Å². The summed E-state index contributed by atoms with van der Waals surface area (Å²) in [5, 5.41) is 10.6. The Morgan fingerprint density at radius 1 is 1.62 bits per heavy atom. The van der Waals surface area contributed by atoms with Gasteiger partial charge in [-0.3, -0.25) is 10.1 Å². The van der Waals surface area contributed by atoms with Crippen molar-refractivity contribution in [2.45, 2.75) is 9.79 Å². The highest BCUT2D eigenvalue weighted by Crippen LogP contribution is 2.42. The molecule has 1 atom stereocenters. The lowest BCUT2D eigenvalue weighted by Crippen LogP contribution is -2.19. The van der Waals surface area contributed by atoms with Gasteiger partial charge in [-0.15, -0.1) is 6.42 Å². The first kappa shape index (κ1) is 11.3. The van der Waals surface area contributed by atoms with Crippen LogP contribution in [0.15, 0.2) is 28.0 Å². The van der Waals surface area contributed by atoms with Crippen LogP contribution in [0.5, 0.6) is 0 Å². The molecule has 1 aliphatic rings. The summed E-state index contributed by atoms with van der Waals surface area (Å²) in [7, 11) is 0. The molecule has 0 fully saturated rings. The molecule has 7 heteroatoms. The van der Waals surface area contributed by atoms with E-state index in [9.17, 15) is 14.7 Å². The molecule has 5 nitrogen and oxygen atoms in total. The molecule has 0 N–H and O–H groups in total. The van der Waals surface area contributed by atoms with E-state index in [-0.39, 0.29) is 12.2 Å². The van der Waals surface area contributed by atoms with Crippen LogP contribution in [0.1, 0.15) is 0 Å². The normalized spacial score (nSPS) is 19.1. The maximum atomic E-state index is 11.8. The third-order valence-electron chi connectivity index (χ3n) is 1.93. The van der Waals surface area contributed by atoms with E-state index in [1.165, 1.54) is 33.9 Å². The van der Waals surface area contributed by atoms with E-state index in [4.69, 9.17) is 6.42 Å². The Morgan fingerprint density at radius 3 is 3.00 bits per heavy atom. The molecule has 1 heterocycles. The van der Waals surface area contributed by atoms with Crippen molar-refractivity contribution in [2.75, 3.05) is 6.54 Å². The van der Waals surface area contributed by atoms with Gasteiger partial charge >= 0.3 is 0 Å². The Bertz CT molecular complexity index is 486. The minimum atomic E-state index is -1.33. The molecule has 0 spiro atoms. The van der Waals surface area contributed by atoms with Gasteiger partial charge in [0.25, 0.3) is 5.69 Å². The standard InChI is InChI=1S/C9H6N2O3S2/c1-2-5-10-15-8-6-7(11(12)13)3-4-9(8)16(10)14/h1,3-4,6H,5H2. The first-order valence-electron chi connectivity index (χ1n) is 4.23. The second-order valence-corrected chi connectivity index (χ2v) is 5.60. The third-order valence-corrected chi connectivity index (χ3v) is 4.79. The number of nitro benzene ring substituents is 1. The number of non-ortho nitro benzene ring substituents is 1.